The summed E-state index contributed by atoms with van der Waals surface area (Å²) in [6.45, 7) is -2.47. The highest BCUT2D eigenvalue weighted by Gasteiger charge is 2.28. The molecule has 0 bridgehead atoms. The van der Waals surface area contributed by atoms with Crippen molar-refractivity contribution in [2.75, 3.05) is 13.2 Å². The summed E-state index contributed by atoms with van der Waals surface area (Å²) < 4.78 is 40.3. The maximum absolute atomic E-state index is 11.9. The van der Waals surface area contributed by atoms with E-state index in [0.717, 1.165) is 6.20 Å². The Balaban J connectivity index is 1.84. The van der Waals surface area contributed by atoms with Gasteiger partial charge in [0.25, 0.3) is 5.91 Å². The summed E-state index contributed by atoms with van der Waals surface area (Å²) in [6, 6.07) is 5.38. The molecule has 0 saturated heterocycles. The van der Waals surface area contributed by atoms with Gasteiger partial charge in [-0.25, -0.2) is 14.6 Å². The highest BCUT2D eigenvalue weighted by molar-refractivity contribution is 5.96. The van der Waals surface area contributed by atoms with E-state index in [2.05, 4.69) is 14.7 Å². The Morgan fingerprint density at radius 2 is 1.80 bits per heavy atom. The summed E-state index contributed by atoms with van der Waals surface area (Å²) in [5.74, 6) is -2.06. The van der Waals surface area contributed by atoms with E-state index in [1.165, 1.54) is 5.32 Å². The third-order valence-electron chi connectivity index (χ3n) is 2.69. The fourth-order valence-corrected chi connectivity index (χ4v) is 1.65. The lowest BCUT2D eigenvalue weighted by atomic mass is 10.3. The van der Waals surface area contributed by atoms with E-state index < -0.39 is 37.2 Å². The number of para-hydroxylation sites is 2. The first-order valence-corrected chi connectivity index (χ1v) is 6.78. The summed E-state index contributed by atoms with van der Waals surface area (Å²) >= 11 is 0. The number of urea groups is 1. The lowest BCUT2D eigenvalue weighted by Gasteiger charge is -2.09. The van der Waals surface area contributed by atoms with Crippen molar-refractivity contribution in [2.45, 2.75) is 6.18 Å². The van der Waals surface area contributed by atoms with Gasteiger partial charge in [0.05, 0.1) is 17.2 Å². The molecule has 11 heteroatoms. The normalized spacial score (nSPS) is 11.0. The van der Waals surface area contributed by atoms with Gasteiger partial charge in [-0.15, -0.1) is 0 Å². The molecule has 132 valence electrons. The number of rotatable bonds is 4. The van der Waals surface area contributed by atoms with Crippen molar-refractivity contribution in [2.24, 2.45) is 0 Å². The number of nitrogens with one attached hydrogen (secondary N) is 2. The SMILES string of the molecule is O=C(COC(=O)c1cnc2ccccc2n1)NC(=O)NCC(F)(F)F. The van der Waals surface area contributed by atoms with Crippen LogP contribution < -0.4 is 10.6 Å². The number of carbonyl (C=O) groups excluding carboxylic acids is 3. The summed E-state index contributed by atoms with van der Waals surface area (Å²) in [7, 11) is 0. The standard InChI is InChI=1S/C14H11F3N4O4/c15-14(16,17)7-19-13(24)21-11(22)6-25-12(23)10-5-18-8-3-1-2-4-9(8)20-10/h1-5H,6-7H2,(H2,19,21,22,24). The smallest absolute Gasteiger partial charge is 0.405 e. The van der Waals surface area contributed by atoms with Crippen LogP contribution in [-0.4, -0.2) is 47.2 Å². The van der Waals surface area contributed by atoms with Crippen molar-refractivity contribution >= 4 is 28.9 Å². The molecular weight excluding hydrogens is 345 g/mol. The molecule has 0 radical (unpaired) electrons. The molecule has 0 aliphatic rings. The van der Waals surface area contributed by atoms with Crippen LogP contribution in [-0.2, 0) is 9.53 Å². The van der Waals surface area contributed by atoms with Gasteiger partial charge in [-0.1, -0.05) is 12.1 Å². The molecule has 0 aliphatic heterocycles. The molecule has 0 fully saturated rings. The van der Waals surface area contributed by atoms with Crippen molar-refractivity contribution in [1.82, 2.24) is 20.6 Å². The van der Waals surface area contributed by atoms with Gasteiger partial charge in [0.1, 0.15) is 6.54 Å². The molecule has 0 spiro atoms. The number of hydrogen-bond donors (Lipinski definition) is 2. The molecular formula is C14H11F3N4O4. The number of nitrogens with zero attached hydrogens (tertiary/aromatic N) is 2. The first-order valence-electron chi connectivity index (χ1n) is 6.78. The van der Waals surface area contributed by atoms with E-state index in [-0.39, 0.29) is 5.69 Å². The summed E-state index contributed by atoms with van der Waals surface area (Å²) in [5.41, 5.74) is 0.832. The molecule has 1 heterocycles. The van der Waals surface area contributed by atoms with E-state index in [9.17, 15) is 27.6 Å². The van der Waals surface area contributed by atoms with E-state index in [1.54, 1.807) is 29.6 Å². The molecule has 0 unspecified atom stereocenters. The van der Waals surface area contributed by atoms with Gasteiger partial charge >= 0.3 is 18.2 Å². The van der Waals surface area contributed by atoms with Gasteiger partial charge in [-0.3, -0.25) is 15.1 Å². The number of benzene rings is 1. The number of amides is 3. The maximum atomic E-state index is 11.9. The zero-order valence-corrected chi connectivity index (χ0v) is 12.5. The van der Waals surface area contributed by atoms with Gasteiger partial charge in [0, 0.05) is 0 Å². The average molecular weight is 356 g/mol. The van der Waals surface area contributed by atoms with Crippen LogP contribution >= 0.6 is 0 Å². The number of alkyl halides is 3. The first kappa shape index (κ1) is 18.1. The number of halogens is 3. The molecule has 2 N–H and O–H groups in total. The monoisotopic (exact) mass is 356 g/mol. The number of imide groups is 1. The fraction of sp³-hybridized carbons (Fsp3) is 0.214. The van der Waals surface area contributed by atoms with Crippen LogP contribution in [0.5, 0.6) is 0 Å². The third kappa shape index (κ3) is 5.71. The first-order chi connectivity index (χ1) is 11.7. The van der Waals surface area contributed by atoms with E-state index >= 15 is 0 Å². The van der Waals surface area contributed by atoms with Crippen LogP contribution in [0.3, 0.4) is 0 Å². The van der Waals surface area contributed by atoms with Gasteiger partial charge in [0.15, 0.2) is 12.3 Å². The van der Waals surface area contributed by atoms with Gasteiger partial charge in [-0.2, -0.15) is 13.2 Å². The molecule has 25 heavy (non-hydrogen) atoms. The Bertz CT molecular complexity index is 810. The Hall–Kier alpha value is -3.24. The predicted octanol–water partition coefficient (Wildman–Crippen LogP) is 1.17. The largest absolute Gasteiger partial charge is 0.451 e. The van der Waals surface area contributed by atoms with Crippen LogP contribution in [0.1, 0.15) is 10.5 Å². The molecule has 8 nitrogen and oxygen atoms in total. The van der Waals surface area contributed by atoms with E-state index in [1.807, 2.05) is 0 Å². The summed E-state index contributed by atoms with van der Waals surface area (Å²) in [6.07, 6.45) is -3.46. The second-order valence-electron chi connectivity index (χ2n) is 4.67. The molecule has 0 aliphatic carbocycles. The van der Waals surface area contributed by atoms with Crippen LogP contribution in [0.2, 0.25) is 0 Å². The summed E-state index contributed by atoms with van der Waals surface area (Å²) in [4.78, 5) is 42.2. The number of aromatic nitrogens is 2. The third-order valence-corrected chi connectivity index (χ3v) is 2.69. The van der Waals surface area contributed by atoms with Crippen LogP contribution in [0.15, 0.2) is 30.5 Å². The minimum atomic E-state index is -4.61. The molecule has 3 amide bonds. The number of fused-ring (bicyclic) bond motifs is 1. The highest BCUT2D eigenvalue weighted by atomic mass is 19.4. The number of esters is 1. The predicted molar refractivity (Wildman–Crippen MR) is 77.4 cm³/mol. The van der Waals surface area contributed by atoms with Crippen molar-refractivity contribution in [3.8, 4) is 0 Å². The van der Waals surface area contributed by atoms with E-state index in [0.29, 0.717) is 11.0 Å². The van der Waals surface area contributed by atoms with Crippen molar-refractivity contribution < 1.29 is 32.3 Å². The molecule has 0 saturated carbocycles. The minimum absolute atomic E-state index is 0.159. The van der Waals surface area contributed by atoms with Gasteiger partial charge < -0.3 is 10.1 Å². The van der Waals surface area contributed by atoms with Crippen LogP contribution in [0, 0.1) is 0 Å². The minimum Gasteiger partial charge on any atom is -0.451 e. The number of ether oxygens (including phenoxy) is 1. The van der Waals surface area contributed by atoms with Gasteiger partial charge in [0.2, 0.25) is 0 Å². The quantitative estimate of drug-likeness (QED) is 0.796. The zero-order chi connectivity index (χ0) is 18.4. The van der Waals surface area contributed by atoms with Crippen LogP contribution in [0.4, 0.5) is 18.0 Å². The average Bonchev–Trinajstić information content (AvgIpc) is 2.57. The zero-order valence-electron chi connectivity index (χ0n) is 12.5. The van der Waals surface area contributed by atoms with Gasteiger partial charge in [-0.05, 0) is 12.1 Å². The molecule has 1 aromatic heterocycles. The Labute approximate surface area is 138 Å². The second-order valence-corrected chi connectivity index (χ2v) is 4.67. The van der Waals surface area contributed by atoms with Crippen molar-refractivity contribution in [3.05, 3.63) is 36.2 Å². The number of hydrogen-bond acceptors (Lipinski definition) is 6. The van der Waals surface area contributed by atoms with Crippen molar-refractivity contribution in [3.63, 3.8) is 0 Å². The maximum Gasteiger partial charge on any atom is 0.405 e. The molecule has 2 rings (SSSR count). The second kappa shape index (κ2) is 7.55. The topological polar surface area (TPSA) is 110 Å². The molecule has 0 atom stereocenters. The van der Waals surface area contributed by atoms with Crippen molar-refractivity contribution in [1.29, 1.82) is 0 Å². The Morgan fingerprint density at radius 1 is 1.12 bits per heavy atom. The number of carbonyl (C=O) groups is 3. The Morgan fingerprint density at radius 3 is 2.48 bits per heavy atom. The molecule has 2 aromatic rings. The highest BCUT2D eigenvalue weighted by Crippen LogP contribution is 2.12. The fourth-order valence-electron chi connectivity index (χ4n) is 1.65. The lowest BCUT2D eigenvalue weighted by molar-refractivity contribution is -0.125. The molecule has 1 aromatic carbocycles. The summed E-state index contributed by atoms with van der Waals surface area (Å²) in [5, 5.41) is 3.02. The lowest BCUT2D eigenvalue weighted by Crippen LogP contribution is -2.44. The van der Waals surface area contributed by atoms with E-state index in [4.69, 9.17) is 0 Å². The Kier molecular flexibility index (Phi) is 5.47. The van der Waals surface area contributed by atoms with Crippen LogP contribution in [0.25, 0.3) is 11.0 Å².